The fourth-order valence-electron chi connectivity index (χ4n) is 5.29. The summed E-state index contributed by atoms with van der Waals surface area (Å²) in [6.07, 6.45) is 6.19. The summed E-state index contributed by atoms with van der Waals surface area (Å²) in [5, 5.41) is 10.6. The maximum atomic E-state index is 13.0. The van der Waals surface area contributed by atoms with E-state index in [0.29, 0.717) is 25.2 Å². The van der Waals surface area contributed by atoms with E-state index < -0.39 is 17.3 Å². The minimum Gasteiger partial charge on any atom is -0.390 e. The summed E-state index contributed by atoms with van der Waals surface area (Å²) < 4.78 is 25.9. The van der Waals surface area contributed by atoms with Gasteiger partial charge in [-0.1, -0.05) is 0 Å². The third kappa shape index (κ3) is 2.44. The number of halogens is 2. The van der Waals surface area contributed by atoms with Crippen molar-refractivity contribution < 1.29 is 18.7 Å². The standard InChI is InChI=1S/C15H22F2O2/c1-13(16,17)12(18)2-3-14-5-10-4-11(6-14)8-15(19,7-10)9-14/h10-11,19H,2-9H2,1H3. The highest BCUT2D eigenvalue weighted by Crippen LogP contribution is 2.63. The fourth-order valence-corrected chi connectivity index (χ4v) is 5.29. The van der Waals surface area contributed by atoms with Crippen molar-refractivity contribution >= 4 is 5.78 Å². The molecule has 0 spiro atoms. The summed E-state index contributed by atoms with van der Waals surface area (Å²) >= 11 is 0. The number of hydrogen-bond donors (Lipinski definition) is 1. The number of alkyl halides is 2. The molecule has 2 nitrogen and oxygen atoms in total. The van der Waals surface area contributed by atoms with Crippen LogP contribution in [0.1, 0.15) is 58.3 Å². The number of rotatable bonds is 4. The summed E-state index contributed by atoms with van der Waals surface area (Å²) in [6, 6.07) is 0. The molecule has 4 bridgehead atoms. The van der Waals surface area contributed by atoms with Gasteiger partial charge in [-0.25, -0.2) is 0 Å². The molecule has 1 N–H and O–H groups in total. The lowest BCUT2D eigenvalue weighted by Gasteiger charge is -2.60. The predicted molar refractivity (Wildman–Crippen MR) is 66.9 cm³/mol. The summed E-state index contributed by atoms with van der Waals surface area (Å²) in [5.41, 5.74) is -0.610. The first-order valence-corrected chi connectivity index (χ1v) is 7.33. The van der Waals surface area contributed by atoms with Crippen LogP contribution in [0.4, 0.5) is 8.78 Å². The van der Waals surface area contributed by atoms with Crippen LogP contribution >= 0.6 is 0 Å². The van der Waals surface area contributed by atoms with Crippen LogP contribution in [0.3, 0.4) is 0 Å². The molecule has 0 aliphatic heterocycles. The topological polar surface area (TPSA) is 37.3 Å². The van der Waals surface area contributed by atoms with E-state index >= 15 is 0 Å². The Bertz CT molecular complexity index is 385. The van der Waals surface area contributed by atoms with Gasteiger partial charge in [0.25, 0.3) is 0 Å². The lowest BCUT2D eigenvalue weighted by atomic mass is 9.47. The molecule has 0 radical (unpaired) electrons. The third-order valence-corrected chi connectivity index (χ3v) is 5.52. The number of Topliss-reactive ketones (excluding diaryl/α,β-unsaturated/α-hetero) is 1. The van der Waals surface area contributed by atoms with Gasteiger partial charge in [-0.05, 0) is 62.2 Å². The van der Waals surface area contributed by atoms with Crippen molar-refractivity contribution in [1.29, 1.82) is 0 Å². The van der Waals surface area contributed by atoms with Gasteiger partial charge in [0, 0.05) is 13.3 Å². The quantitative estimate of drug-likeness (QED) is 0.852. The van der Waals surface area contributed by atoms with Gasteiger partial charge in [-0.3, -0.25) is 4.79 Å². The highest BCUT2D eigenvalue weighted by molar-refractivity contribution is 5.85. The van der Waals surface area contributed by atoms with Crippen molar-refractivity contribution in [3.63, 3.8) is 0 Å². The Labute approximate surface area is 112 Å². The molecule has 2 unspecified atom stereocenters. The average molecular weight is 272 g/mol. The highest BCUT2D eigenvalue weighted by Gasteiger charge is 2.57. The van der Waals surface area contributed by atoms with Gasteiger partial charge in [-0.2, -0.15) is 8.78 Å². The molecule has 4 fully saturated rings. The van der Waals surface area contributed by atoms with E-state index in [9.17, 15) is 18.7 Å². The van der Waals surface area contributed by atoms with Crippen molar-refractivity contribution in [3.05, 3.63) is 0 Å². The van der Waals surface area contributed by atoms with E-state index in [0.717, 1.165) is 32.1 Å². The molecule has 2 atom stereocenters. The van der Waals surface area contributed by atoms with E-state index in [1.165, 1.54) is 6.42 Å². The number of ketones is 1. The van der Waals surface area contributed by atoms with Crippen LogP contribution in [-0.4, -0.2) is 22.4 Å². The van der Waals surface area contributed by atoms with Gasteiger partial charge in [0.05, 0.1) is 5.60 Å². The Hall–Kier alpha value is -0.510. The van der Waals surface area contributed by atoms with Crippen molar-refractivity contribution in [3.8, 4) is 0 Å². The van der Waals surface area contributed by atoms with Gasteiger partial charge in [-0.15, -0.1) is 0 Å². The maximum Gasteiger partial charge on any atom is 0.302 e. The van der Waals surface area contributed by atoms with E-state index in [2.05, 4.69) is 0 Å². The SMILES string of the molecule is CC(F)(F)C(=O)CCC12CC3CC(CC(O)(C3)C1)C2. The minimum absolute atomic E-state index is 0.0419. The first kappa shape index (κ1) is 13.5. The van der Waals surface area contributed by atoms with Crippen molar-refractivity contribution in [2.75, 3.05) is 0 Å². The van der Waals surface area contributed by atoms with Crippen LogP contribution in [-0.2, 0) is 4.79 Å². The molecular formula is C15H22F2O2. The van der Waals surface area contributed by atoms with Crippen LogP contribution in [0.2, 0.25) is 0 Å². The van der Waals surface area contributed by atoms with Crippen molar-refractivity contribution in [2.45, 2.75) is 69.8 Å². The second-order valence-electron chi connectivity index (χ2n) is 7.50. The van der Waals surface area contributed by atoms with Gasteiger partial charge in [0.1, 0.15) is 0 Å². The van der Waals surface area contributed by atoms with E-state index in [1.54, 1.807) is 0 Å². The second-order valence-corrected chi connectivity index (χ2v) is 7.50. The molecule has 4 aliphatic carbocycles. The molecule has 4 saturated carbocycles. The van der Waals surface area contributed by atoms with Crippen LogP contribution < -0.4 is 0 Å². The van der Waals surface area contributed by atoms with E-state index in [1.807, 2.05) is 0 Å². The molecule has 0 saturated heterocycles. The lowest BCUT2D eigenvalue weighted by Crippen LogP contribution is -2.55. The average Bonchev–Trinajstić information content (AvgIpc) is 2.21. The fraction of sp³-hybridized carbons (Fsp3) is 0.933. The van der Waals surface area contributed by atoms with Gasteiger partial charge in [0.15, 0.2) is 0 Å². The van der Waals surface area contributed by atoms with Crippen LogP contribution in [0.5, 0.6) is 0 Å². The lowest BCUT2D eigenvalue weighted by molar-refractivity contribution is -0.168. The molecule has 19 heavy (non-hydrogen) atoms. The monoisotopic (exact) mass is 272 g/mol. The Morgan fingerprint density at radius 2 is 1.84 bits per heavy atom. The number of hydrogen-bond acceptors (Lipinski definition) is 2. The van der Waals surface area contributed by atoms with E-state index in [4.69, 9.17) is 0 Å². The van der Waals surface area contributed by atoms with Crippen LogP contribution in [0, 0.1) is 17.3 Å². The summed E-state index contributed by atoms with van der Waals surface area (Å²) in [7, 11) is 0. The van der Waals surface area contributed by atoms with E-state index in [-0.39, 0.29) is 11.8 Å². The zero-order valence-corrected chi connectivity index (χ0v) is 11.4. The molecule has 4 heteroatoms. The van der Waals surface area contributed by atoms with Crippen molar-refractivity contribution in [1.82, 2.24) is 0 Å². The maximum absolute atomic E-state index is 13.0. The zero-order valence-electron chi connectivity index (χ0n) is 11.4. The Morgan fingerprint density at radius 1 is 1.26 bits per heavy atom. The first-order chi connectivity index (χ1) is 8.70. The number of carbonyl (C=O) groups excluding carboxylic acids is 1. The Kier molecular flexibility index (Phi) is 2.83. The molecule has 108 valence electrons. The summed E-state index contributed by atoms with van der Waals surface area (Å²) in [4.78, 5) is 11.4. The van der Waals surface area contributed by atoms with Gasteiger partial charge >= 0.3 is 5.92 Å². The minimum atomic E-state index is -3.21. The Balaban J connectivity index is 1.69. The zero-order chi connectivity index (χ0) is 13.9. The normalized spacial score (nSPS) is 44.6. The van der Waals surface area contributed by atoms with Crippen molar-refractivity contribution in [2.24, 2.45) is 17.3 Å². The van der Waals surface area contributed by atoms with Gasteiger partial charge < -0.3 is 5.11 Å². The molecule has 0 aromatic rings. The largest absolute Gasteiger partial charge is 0.390 e. The summed E-state index contributed by atoms with van der Waals surface area (Å²) in [6.45, 7) is 0.683. The van der Waals surface area contributed by atoms with Crippen LogP contribution in [0.15, 0.2) is 0 Å². The summed E-state index contributed by atoms with van der Waals surface area (Å²) in [5.74, 6) is -3.07. The van der Waals surface area contributed by atoms with Gasteiger partial charge in [0.2, 0.25) is 5.78 Å². The second kappa shape index (κ2) is 4.00. The molecule has 4 aliphatic rings. The number of carbonyl (C=O) groups is 1. The molecule has 4 rings (SSSR count). The predicted octanol–water partition coefficient (Wildman–Crippen LogP) is 3.32. The smallest absolute Gasteiger partial charge is 0.302 e. The number of aliphatic hydroxyl groups is 1. The van der Waals surface area contributed by atoms with Crippen LogP contribution in [0.25, 0.3) is 0 Å². The third-order valence-electron chi connectivity index (χ3n) is 5.52. The molecule has 0 amide bonds. The Morgan fingerprint density at radius 3 is 2.32 bits per heavy atom. The highest BCUT2D eigenvalue weighted by atomic mass is 19.3. The molecule has 0 aromatic carbocycles. The first-order valence-electron chi connectivity index (χ1n) is 7.33. The molecule has 0 heterocycles. The molecule has 0 aromatic heterocycles. The molecular weight excluding hydrogens is 250 g/mol.